The highest BCUT2D eigenvalue weighted by Gasteiger charge is 2.07. The smallest absolute Gasteiger partial charge is 0.127 e. The van der Waals surface area contributed by atoms with Crippen molar-refractivity contribution in [1.82, 2.24) is 0 Å². The van der Waals surface area contributed by atoms with Crippen LogP contribution in [0.5, 0.6) is 11.5 Å². The molecule has 0 amide bonds. The molecule has 0 spiro atoms. The van der Waals surface area contributed by atoms with Crippen LogP contribution in [0.2, 0.25) is 5.02 Å². The van der Waals surface area contributed by atoms with Gasteiger partial charge in [-0.15, -0.1) is 0 Å². The van der Waals surface area contributed by atoms with Crippen LogP contribution in [-0.2, 0) is 6.54 Å². The second-order valence-electron chi connectivity index (χ2n) is 4.13. The van der Waals surface area contributed by atoms with Gasteiger partial charge in [0.1, 0.15) is 11.5 Å². The van der Waals surface area contributed by atoms with Gasteiger partial charge < -0.3 is 14.8 Å². The monoisotopic (exact) mass is 355 g/mol. The van der Waals surface area contributed by atoms with Crippen molar-refractivity contribution in [2.24, 2.45) is 0 Å². The van der Waals surface area contributed by atoms with Crippen LogP contribution in [0.25, 0.3) is 0 Å². The minimum atomic E-state index is 0.631. The molecule has 5 heteroatoms. The van der Waals surface area contributed by atoms with E-state index in [1.54, 1.807) is 14.2 Å². The summed E-state index contributed by atoms with van der Waals surface area (Å²) in [6, 6.07) is 11.5. The standard InChI is InChI=1S/C15H15BrClNO2/c1-19-11-7-6-10(14(8-11)20-2)9-18-13-5-3-4-12(17)15(13)16/h3-8,18H,9H2,1-2H3. The quantitative estimate of drug-likeness (QED) is 0.840. The second-order valence-corrected chi connectivity index (χ2v) is 5.33. The van der Waals surface area contributed by atoms with E-state index in [-0.39, 0.29) is 0 Å². The van der Waals surface area contributed by atoms with Crippen LogP contribution in [0, 0.1) is 0 Å². The van der Waals surface area contributed by atoms with E-state index in [1.165, 1.54) is 0 Å². The highest BCUT2D eigenvalue weighted by Crippen LogP contribution is 2.31. The van der Waals surface area contributed by atoms with Crippen molar-refractivity contribution in [3.63, 3.8) is 0 Å². The molecule has 0 atom stereocenters. The van der Waals surface area contributed by atoms with Crippen molar-refractivity contribution in [3.8, 4) is 11.5 Å². The predicted molar refractivity (Wildman–Crippen MR) is 86.0 cm³/mol. The molecular weight excluding hydrogens is 342 g/mol. The molecule has 0 fully saturated rings. The largest absolute Gasteiger partial charge is 0.497 e. The number of nitrogens with one attached hydrogen (secondary N) is 1. The van der Waals surface area contributed by atoms with Gasteiger partial charge in [0.25, 0.3) is 0 Å². The maximum atomic E-state index is 6.07. The SMILES string of the molecule is COc1ccc(CNc2cccc(Cl)c2Br)c(OC)c1. The van der Waals surface area contributed by atoms with E-state index >= 15 is 0 Å². The summed E-state index contributed by atoms with van der Waals surface area (Å²) >= 11 is 9.53. The van der Waals surface area contributed by atoms with Crippen LogP contribution < -0.4 is 14.8 Å². The third-order valence-corrected chi connectivity index (χ3v) is 4.31. The van der Waals surface area contributed by atoms with Crippen molar-refractivity contribution >= 4 is 33.2 Å². The number of halogens is 2. The molecule has 3 nitrogen and oxygen atoms in total. The van der Waals surface area contributed by atoms with Crippen LogP contribution in [0.4, 0.5) is 5.69 Å². The number of hydrogen-bond donors (Lipinski definition) is 1. The Hall–Kier alpha value is -1.39. The summed E-state index contributed by atoms with van der Waals surface area (Å²) in [6.45, 7) is 0.631. The Morgan fingerprint density at radius 1 is 1.15 bits per heavy atom. The summed E-state index contributed by atoms with van der Waals surface area (Å²) < 4.78 is 11.4. The molecule has 0 bridgehead atoms. The molecule has 0 aliphatic rings. The summed E-state index contributed by atoms with van der Waals surface area (Å²) in [5.74, 6) is 1.56. The Bertz CT molecular complexity index is 604. The Balaban J connectivity index is 2.16. The van der Waals surface area contributed by atoms with E-state index < -0.39 is 0 Å². The van der Waals surface area contributed by atoms with Gasteiger partial charge in [0, 0.05) is 18.2 Å². The van der Waals surface area contributed by atoms with Crippen molar-refractivity contribution in [2.75, 3.05) is 19.5 Å². The van der Waals surface area contributed by atoms with Gasteiger partial charge in [0.2, 0.25) is 0 Å². The number of rotatable bonds is 5. The number of ether oxygens (including phenoxy) is 2. The zero-order chi connectivity index (χ0) is 14.5. The molecule has 2 rings (SSSR count). The van der Waals surface area contributed by atoms with Crippen LogP contribution in [0.15, 0.2) is 40.9 Å². The topological polar surface area (TPSA) is 30.5 Å². The molecule has 0 unspecified atom stereocenters. The third kappa shape index (κ3) is 3.38. The lowest BCUT2D eigenvalue weighted by Gasteiger charge is -2.13. The maximum Gasteiger partial charge on any atom is 0.127 e. The van der Waals surface area contributed by atoms with Gasteiger partial charge in [-0.05, 0) is 40.2 Å². The van der Waals surface area contributed by atoms with Gasteiger partial charge in [-0.2, -0.15) is 0 Å². The second kappa shape index (κ2) is 6.86. The molecule has 0 aromatic heterocycles. The molecule has 20 heavy (non-hydrogen) atoms. The van der Waals surface area contributed by atoms with E-state index in [4.69, 9.17) is 21.1 Å². The van der Waals surface area contributed by atoms with E-state index in [0.717, 1.165) is 27.2 Å². The van der Waals surface area contributed by atoms with Crippen molar-refractivity contribution in [2.45, 2.75) is 6.54 Å². The molecule has 0 radical (unpaired) electrons. The van der Waals surface area contributed by atoms with Gasteiger partial charge in [0.15, 0.2) is 0 Å². The third-order valence-electron chi connectivity index (χ3n) is 2.92. The molecule has 106 valence electrons. The lowest BCUT2D eigenvalue weighted by molar-refractivity contribution is 0.391. The first-order valence-electron chi connectivity index (χ1n) is 6.04. The summed E-state index contributed by atoms with van der Waals surface area (Å²) in [6.07, 6.45) is 0. The molecule has 0 aliphatic heterocycles. The summed E-state index contributed by atoms with van der Waals surface area (Å²) in [5, 5.41) is 4.01. The molecule has 2 aromatic rings. The molecule has 0 saturated heterocycles. The van der Waals surface area contributed by atoms with Crippen LogP contribution in [0.1, 0.15) is 5.56 Å². The average molecular weight is 357 g/mol. The molecule has 2 aromatic carbocycles. The van der Waals surface area contributed by atoms with Crippen LogP contribution in [0.3, 0.4) is 0 Å². The average Bonchev–Trinajstić information content (AvgIpc) is 2.48. The zero-order valence-corrected chi connectivity index (χ0v) is 13.6. The van der Waals surface area contributed by atoms with E-state index in [1.807, 2.05) is 36.4 Å². The zero-order valence-electron chi connectivity index (χ0n) is 11.2. The first kappa shape index (κ1) is 15.0. The van der Waals surface area contributed by atoms with Crippen LogP contribution in [-0.4, -0.2) is 14.2 Å². The summed E-state index contributed by atoms with van der Waals surface area (Å²) in [5.41, 5.74) is 1.98. The fourth-order valence-electron chi connectivity index (χ4n) is 1.83. The minimum Gasteiger partial charge on any atom is -0.497 e. The molecule has 1 N–H and O–H groups in total. The highest BCUT2D eigenvalue weighted by atomic mass is 79.9. The lowest BCUT2D eigenvalue weighted by atomic mass is 10.2. The minimum absolute atomic E-state index is 0.631. The molecule has 0 saturated carbocycles. The van der Waals surface area contributed by atoms with Crippen molar-refractivity contribution in [1.29, 1.82) is 0 Å². The van der Waals surface area contributed by atoms with Gasteiger partial charge in [-0.25, -0.2) is 0 Å². The number of anilines is 1. The Kier molecular flexibility index (Phi) is 5.15. The van der Waals surface area contributed by atoms with Gasteiger partial charge in [-0.1, -0.05) is 17.7 Å². The van der Waals surface area contributed by atoms with Gasteiger partial charge in [0.05, 0.1) is 29.4 Å². The normalized spacial score (nSPS) is 10.2. The molecular formula is C15H15BrClNO2. The molecule has 0 heterocycles. The van der Waals surface area contributed by atoms with E-state index in [9.17, 15) is 0 Å². The van der Waals surface area contributed by atoms with Crippen LogP contribution >= 0.6 is 27.5 Å². The Morgan fingerprint density at radius 3 is 2.65 bits per heavy atom. The van der Waals surface area contributed by atoms with Crippen molar-refractivity contribution in [3.05, 3.63) is 51.5 Å². The van der Waals surface area contributed by atoms with Gasteiger partial charge >= 0.3 is 0 Å². The van der Waals surface area contributed by atoms with E-state index in [0.29, 0.717) is 11.6 Å². The van der Waals surface area contributed by atoms with Crippen molar-refractivity contribution < 1.29 is 9.47 Å². The fourth-order valence-corrected chi connectivity index (χ4v) is 2.41. The maximum absolute atomic E-state index is 6.07. The van der Waals surface area contributed by atoms with Gasteiger partial charge in [-0.3, -0.25) is 0 Å². The number of methoxy groups -OCH3 is 2. The Labute approximate surface area is 132 Å². The summed E-state index contributed by atoms with van der Waals surface area (Å²) in [7, 11) is 3.28. The highest BCUT2D eigenvalue weighted by molar-refractivity contribution is 9.10. The fraction of sp³-hybridized carbons (Fsp3) is 0.200. The number of benzene rings is 2. The first-order valence-corrected chi connectivity index (χ1v) is 7.21. The molecule has 0 aliphatic carbocycles. The van der Waals surface area contributed by atoms with E-state index in [2.05, 4.69) is 21.2 Å². The number of hydrogen-bond acceptors (Lipinski definition) is 3. The Morgan fingerprint density at radius 2 is 1.95 bits per heavy atom. The summed E-state index contributed by atoms with van der Waals surface area (Å²) in [4.78, 5) is 0. The lowest BCUT2D eigenvalue weighted by Crippen LogP contribution is -2.02. The predicted octanol–water partition coefficient (Wildman–Crippen LogP) is 4.73. The first-order chi connectivity index (χ1) is 9.65.